The van der Waals surface area contributed by atoms with Gasteiger partial charge in [-0.2, -0.15) is 0 Å². The zero-order valence-electron chi connectivity index (χ0n) is 11.3. The van der Waals surface area contributed by atoms with E-state index in [1.54, 1.807) is 11.9 Å². The number of hydrogen-bond acceptors (Lipinski definition) is 4. The third kappa shape index (κ3) is 3.68. The molecule has 1 aliphatic heterocycles. The predicted octanol–water partition coefficient (Wildman–Crippen LogP) is -0.964. The molecule has 104 valence electrons. The van der Waals surface area contributed by atoms with Crippen LogP contribution in [0.25, 0.3) is 0 Å². The molecule has 0 aromatic heterocycles. The Hall–Kier alpha value is -1.14. The van der Waals surface area contributed by atoms with E-state index >= 15 is 0 Å². The summed E-state index contributed by atoms with van der Waals surface area (Å²) in [4.78, 5) is 27.0. The van der Waals surface area contributed by atoms with Crippen molar-refractivity contribution < 1.29 is 14.7 Å². The molecule has 1 aliphatic rings. The molecule has 1 fully saturated rings. The van der Waals surface area contributed by atoms with Crippen molar-refractivity contribution in [1.29, 1.82) is 0 Å². The highest BCUT2D eigenvalue weighted by Gasteiger charge is 2.30. The average molecular weight is 257 g/mol. The minimum Gasteiger partial charge on any atom is -0.392 e. The minimum atomic E-state index is -0.467. The summed E-state index contributed by atoms with van der Waals surface area (Å²) in [6.07, 6.45) is -0.0475. The predicted molar refractivity (Wildman–Crippen MR) is 68.0 cm³/mol. The second-order valence-electron chi connectivity index (χ2n) is 4.61. The van der Waals surface area contributed by atoms with E-state index < -0.39 is 6.10 Å². The molecular formula is C12H23N3O3. The van der Waals surface area contributed by atoms with Gasteiger partial charge in [-0.05, 0) is 20.3 Å². The Morgan fingerprint density at radius 3 is 2.39 bits per heavy atom. The number of nitrogens with one attached hydrogen (secondary N) is 1. The lowest BCUT2D eigenvalue weighted by atomic mass is 10.2. The number of rotatable bonds is 5. The molecule has 1 rings (SSSR count). The van der Waals surface area contributed by atoms with E-state index in [1.165, 1.54) is 4.90 Å². The van der Waals surface area contributed by atoms with Crippen LogP contribution < -0.4 is 5.32 Å². The second kappa shape index (κ2) is 6.70. The number of amides is 2. The average Bonchev–Trinajstić information content (AvgIpc) is 2.76. The molecule has 18 heavy (non-hydrogen) atoms. The second-order valence-corrected chi connectivity index (χ2v) is 4.61. The fourth-order valence-electron chi connectivity index (χ4n) is 2.13. The Morgan fingerprint density at radius 1 is 1.33 bits per heavy atom. The highest BCUT2D eigenvalue weighted by atomic mass is 16.3. The maximum atomic E-state index is 12.0. The molecule has 6 heteroatoms. The van der Waals surface area contributed by atoms with Crippen LogP contribution in [-0.4, -0.2) is 72.1 Å². The van der Waals surface area contributed by atoms with E-state index in [4.69, 9.17) is 0 Å². The number of β-amino-alcohol motifs (C(OH)–C–C–N with tert-alkyl or cyclic N) is 1. The Bertz CT molecular complexity index is 305. The van der Waals surface area contributed by atoms with E-state index in [9.17, 15) is 14.7 Å². The standard InChI is InChI=1S/C12H23N3O3/c1-4-15(5-2)11(17)8-14(3)12(18)10-6-9(16)7-13-10/h9-10,13,16H,4-8H2,1-3H3. The summed E-state index contributed by atoms with van der Waals surface area (Å²) in [6.45, 7) is 5.66. The Balaban J connectivity index is 2.47. The van der Waals surface area contributed by atoms with Crippen LogP contribution in [-0.2, 0) is 9.59 Å². The number of hydrogen-bond donors (Lipinski definition) is 2. The van der Waals surface area contributed by atoms with Gasteiger partial charge in [0.1, 0.15) is 0 Å². The van der Waals surface area contributed by atoms with Crippen LogP contribution in [0.2, 0.25) is 0 Å². The molecule has 0 aromatic carbocycles. The summed E-state index contributed by atoms with van der Waals surface area (Å²) < 4.78 is 0. The van der Waals surface area contributed by atoms with Crippen molar-refractivity contribution in [3.63, 3.8) is 0 Å². The van der Waals surface area contributed by atoms with Crippen LogP contribution in [0, 0.1) is 0 Å². The highest BCUT2D eigenvalue weighted by Crippen LogP contribution is 2.09. The van der Waals surface area contributed by atoms with Gasteiger partial charge in [-0.15, -0.1) is 0 Å². The molecule has 0 bridgehead atoms. The van der Waals surface area contributed by atoms with Gasteiger partial charge in [0, 0.05) is 26.7 Å². The van der Waals surface area contributed by atoms with Gasteiger partial charge < -0.3 is 20.2 Å². The van der Waals surface area contributed by atoms with E-state index in [1.807, 2.05) is 13.8 Å². The first-order chi connectivity index (χ1) is 8.49. The maximum absolute atomic E-state index is 12.0. The molecule has 0 spiro atoms. The van der Waals surface area contributed by atoms with E-state index in [0.29, 0.717) is 26.1 Å². The molecule has 0 radical (unpaired) electrons. The summed E-state index contributed by atoms with van der Waals surface area (Å²) in [5.41, 5.74) is 0. The monoisotopic (exact) mass is 257 g/mol. The summed E-state index contributed by atoms with van der Waals surface area (Å²) in [7, 11) is 1.62. The Labute approximate surface area is 108 Å². The van der Waals surface area contributed by atoms with Crippen molar-refractivity contribution in [2.24, 2.45) is 0 Å². The first kappa shape index (κ1) is 14.9. The molecule has 2 atom stereocenters. The number of likely N-dealkylation sites (N-methyl/N-ethyl adjacent to an activating group) is 2. The van der Waals surface area contributed by atoms with E-state index in [2.05, 4.69) is 5.32 Å². The van der Waals surface area contributed by atoms with Crippen LogP contribution in [0.15, 0.2) is 0 Å². The topological polar surface area (TPSA) is 72.9 Å². The van der Waals surface area contributed by atoms with Crippen LogP contribution in [0.1, 0.15) is 20.3 Å². The zero-order chi connectivity index (χ0) is 13.7. The van der Waals surface area contributed by atoms with Crippen molar-refractivity contribution in [3.8, 4) is 0 Å². The quantitative estimate of drug-likeness (QED) is 0.665. The third-order valence-electron chi connectivity index (χ3n) is 3.27. The fraction of sp³-hybridized carbons (Fsp3) is 0.833. The van der Waals surface area contributed by atoms with E-state index in [0.717, 1.165) is 0 Å². The van der Waals surface area contributed by atoms with Gasteiger partial charge in [0.2, 0.25) is 11.8 Å². The molecule has 0 aromatic rings. The molecule has 0 aliphatic carbocycles. The molecule has 2 unspecified atom stereocenters. The van der Waals surface area contributed by atoms with Gasteiger partial charge in [-0.3, -0.25) is 9.59 Å². The summed E-state index contributed by atoms with van der Waals surface area (Å²) >= 11 is 0. The first-order valence-corrected chi connectivity index (χ1v) is 6.43. The van der Waals surface area contributed by atoms with Gasteiger partial charge in [0.15, 0.2) is 0 Å². The van der Waals surface area contributed by atoms with Crippen LogP contribution in [0.4, 0.5) is 0 Å². The molecule has 2 amide bonds. The maximum Gasteiger partial charge on any atom is 0.242 e. The summed E-state index contributed by atoms with van der Waals surface area (Å²) in [5, 5.41) is 12.3. The summed E-state index contributed by atoms with van der Waals surface area (Å²) in [5.74, 6) is -0.179. The SMILES string of the molecule is CCN(CC)C(=O)CN(C)C(=O)C1CC(O)CN1. The zero-order valence-corrected chi connectivity index (χ0v) is 11.3. The van der Waals surface area contributed by atoms with Crippen molar-refractivity contribution in [3.05, 3.63) is 0 Å². The number of aliphatic hydroxyl groups is 1. The van der Waals surface area contributed by atoms with Gasteiger partial charge in [-0.25, -0.2) is 0 Å². The van der Waals surface area contributed by atoms with Crippen molar-refractivity contribution >= 4 is 11.8 Å². The number of carbonyl (C=O) groups excluding carboxylic acids is 2. The van der Waals surface area contributed by atoms with Crippen molar-refractivity contribution in [1.82, 2.24) is 15.1 Å². The van der Waals surface area contributed by atoms with E-state index in [-0.39, 0.29) is 24.4 Å². The van der Waals surface area contributed by atoms with Crippen molar-refractivity contribution in [2.75, 3.05) is 33.2 Å². The normalized spacial score (nSPS) is 22.9. The molecule has 6 nitrogen and oxygen atoms in total. The van der Waals surface area contributed by atoms with Crippen LogP contribution in [0.5, 0.6) is 0 Å². The van der Waals surface area contributed by atoms with Gasteiger partial charge >= 0.3 is 0 Å². The van der Waals surface area contributed by atoms with Crippen molar-refractivity contribution in [2.45, 2.75) is 32.4 Å². The van der Waals surface area contributed by atoms with Crippen LogP contribution in [0.3, 0.4) is 0 Å². The fourth-order valence-corrected chi connectivity index (χ4v) is 2.13. The first-order valence-electron chi connectivity index (χ1n) is 6.43. The van der Waals surface area contributed by atoms with Gasteiger partial charge in [-0.1, -0.05) is 0 Å². The smallest absolute Gasteiger partial charge is 0.242 e. The highest BCUT2D eigenvalue weighted by molar-refractivity contribution is 5.87. The summed E-state index contributed by atoms with van der Waals surface area (Å²) in [6, 6.07) is -0.366. The molecule has 1 heterocycles. The third-order valence-corrected chi connectivity index (χ3v) is 3.27. The Morgan fingerprint density at radius 2 is 1.94 bits per heavy atom. The number of nitrogens with zero attached hydrogens (tertiary/aromatic N) is 2. The lowest BCUT2D eigenvalue weighted by Gasteiger charge is -2.25. The molecule has 0 saturated carbocycles. The Kier molecular flexibility index (Phi) is 5.55. The molecule has 1 saturated heterocycles. The largest absolute Gasteiger partial charge is 0.392 e. The minimum absolute atomic E-state index is 0.0469. The lowest BCUT2D eigenvalue weighted by Crippen LogP contribution is -2.46. The molecular weight excluding hydrogens is 234 g/mol. The number of carbonyl (C=O) groups is 2. The molecule has 2 N–H and O–H groups in total. The number of aliphatic hydroxyl groups excluding tert-OH is 1. The van der Waals surface area contributed by atoms with Gasteiger partial charge in [0.25, 0.3) is 0 Å². The van der Waals surface area contributed by atoms with Gasteiger partial charge in [0.05, 0.1) is 18.7 Å². The lowest BCUT2D eigenvalue weighted by molar-refractivity contribution is -0.140. The van der Waals surface area contributed by atoms with Crippen LogP contribution >= 0.6 is 0 Å².